The predicted molar refractivity (Wildman–Crippen MR) is 144 cm³/mol. The summed E-state index contributed by atoms with van der Waals surface area (Å²) in [5.41, 5.74) is 1.63. The largest absolute Gasteiger partial charge is 0.457 e. The summed E-state index contributed by atoms with van der Waals surface area (Å²) in [4.78, 5) is 20.1. The van der Waals surface area contributed by atoms with E-state index in [0.717, 1.165) is 18.1 Å². The van der Waals surface area contributed by atoms with Gasteiger partial charge < -0.3 is 44.5 Å². The number of hydrogen-bond donors (Lipinski definition) is 5. The summed E-state index contributed by atoms with van der Waals surface area (Å²) in [6.45, 7) is -0.386. The molecule has 0 aliphatic carbocycles. The van der Waals surface area contributed by atoms with Gasteiger partial charge in [0.2, 0.25) is 0 Å². The van der Waals surface area contributed by atoms with Crippen LogP contribution in [-0.2, 0) is 23.7 Å². The lowest BCUT2D eigenvalue weighted by Gasteiger charge is -2.42. The van der Waals surface area contributed by atoms with Crippen molar-refractivity contribution in [1.29, 1.82) is 0 Å². The van der Waals surface area contributed by atoms with Crippen LogP contribution in [0.3, 0.4) is 0 Å². The van der Waals surface area contributed by atoms with Crippen LogP contribution in [0.1, 0.15) is 18.1 Å². The molecule has 1 aliphatic heterocycles. The third-order valence-electron chi connectivity index (χ3n) is 5.99. The van der Waals surface area contributed by atoms with E-state index < -0.39 is 68.4 Å². The van der Waals surface area contributed by atoms with E-state index in [1.165, 1.54) is 0 Å². The molecule has 1 heterocycles. The van der Waals surface area contributed by atoms with Gasteiger partial charge in [0.1, 0.15) is 30.5 Å². The Balaban J connectivity index is 1.75. The van der Waals surface area contributed by atoms with Crippen molar-refractivity contribution in [3.8, 4) is 0 Å². The fraction of sp³-hybridized carbons (Fsp3) is 0.464. The molecule has 1 fully saturated rings. The molecule has 2 aromatic rings. The van der Waals surface area contributed by atoms with Crippen molar-refractivity contribution in [2.24, 2.45) is 9.98 Å². The maximum absolute atomic E-state index is 11.6. The first-order valence-corrected chi connectivity index (χ1v) is 12.8. The highest BCUT2D eigenvalue weighted by Crippen LogP contribution is 2.26. The van der Waals surface area contributed by atoms with Crippen molar-refractivity contribution in [3.63, 3.8) is 0 Å². The zero-order valence-electron chi connectivity index (χ0n) is 22.0. The first-order chi connectivity index (χ1) is 19.3. The molecule has 0 bridgehead atoms. The second-order valence-corrected chi connectivity index (χ2v) is 9.08. The molecule has 12 heteroatoms. The molecule has 1 saturated heterocycles. The molecule has 0 saturated carbocycles. The van der Waals surface area contributed by atoms with E-state index in [1.54, 1.807) is 12.4 Å². The summed E-state index contributed by atoms with van der Waals surface area (Å²) in [6, 6.07) is 18.4. The SMILES string of the molecule is CC(=O)O[C@H]1[C@@H](O)[C@@H](CO)O[C@@H](O[C@@H](CN=Cc2ccccc2)[C@@H](CO)O[C@H](O)CN=Cc2ccccc2)[C@@H]1O. The van der Waals surface area contributed by atoms with Crippen molar-refractivity contribution in [1.82, 2.24) is 0 Å². The first kappa shape index (κ1) is 31.5. The Bertz CT molecular complexity index is 1070. The number of aliphatic imine (C=N–C) groups is 2. The first-order valence-electron chi connectivity index (χ1n) is 12.8. The molecule has 218 valence electrons. The normalized spacial score (nSPS) is 25.6. The second kappa shape index (κ2) is 16.3. The number of aliphatic hydroxyl groups excluding tert-OH is 5. The highest BCUT2D eigenvalue weighted by atomic mass is 16.7. The zero-order valence-corrected chi connectivity index (χ0v) is 22.0. The zero-order chi connectivity index (χ0) is 28.9. The van der Waals surface area contributed by atoms with Crippen molar-refractivity contribution in [2.75, 3.05) is 26.3 Å². The quantitative estimate of drug-likeness (QED) is 0.117. The fourth-order valence-electron chi connectivity index (χ4n) is 4.00. The molecular formula is C28H36N2O10. The number of carbonyl (C=O) groups excluding carboxylic acids is 1. The lowest BCUT2D eigenvalue weighted by Crippen LogP contribution is -2.61. The third-order valence-corrected chi connectivity index (χ3v) is 5.99. The number of ether oxygens (including phenoxy) is 4. The van der Waals surface area contributed by atoms with E-state index in [2.05, 4.69) is 9.98 Å². The maximum Gasteiger partial charge on any atom is 0.303 e. The highest BCUT2D eigenvalue weighted by Gasteiger charge is 2.48. The van der Waals surface area contributed by atoms with Crippen LogP contribution < -0.4 is 0 Å². The summed E-state index contributed by atoms with van der Waals surface area (Å²) in [5.74, 6) is -0.764. The number of benzene rings is 2. The van der Waals surface area contributed by atoms with Crippen molar-refractivity contribution in [2.45, 2.75) is 56.1 Å². The van der Waals surface area contributed by atoms with Gasteiger partial charge in [0.05, 0.1) is 26.3 Å². The van der Waals surface area contributed by atoms with Gasteiger partial charge in [-0.15, -0.1) is 0 Å². The average molecular weight is 561 g/mol. The molecule has 8 atom stereocenters. The molecule has 40 heavy (non-hydrogen) atoms. The molecular weight excluding hydrogens is 524 g/mol. The smallest absolute Gasteiger partial charge is 0.303 e. The maximum atomic E-state index is 11.6. The second-order valence-electron chi connectivity index (χ2n) is 9.08. The minimum atomic E-state index is -1.65. The minimum absolute atomic E-state index is 0.0999. The molecule has 0 unspecified atom stereocenters. The van der Waals surface area contributed by atoms with Crippen molar-refractivity contribution >= 4 is 18.4 Å². The van der Waals surface area contributed by atoms with Gasteiger partial charge in [-0.25, -0.2) is 0 Å². The van der Waals surface area contributed by atoms with Crippen molar-refractivity contribution < 1.29 is 49.3 Å². The Hall–Kier alpha value is -3.07. The number of nitrogens with zero attached hydrogens (tertiary/aromatic N) is 2. The molecule has 0 radical (unpaired) electrons. The topological polar surface area (TPSA) is 180 Å². The van der Waals surface area contributed by atoms with Gasteiger partial charge in [-0.3, -0.25) is 14.8 Å². The van der Waals surface area contributed by atoms with Gasteiger partial charge in [0, 0.05) is 19.4 Å². The Morgan fingerprint density at radius 2 is 1.50 bits per heavy atom. The Kier molecular flexibility index (Phi) is 12.8. The van der Waals surface area contributed by atoms with Crippen molar-refractivity contribution in [3.05, 3.63) is 71.8 Å². The van der Waals surface area contributed by atoms with Gasteiger partial charge in [-0.05, 0) is 11.1 Å². The Morgan fingerprint density at radius 3 is 2.02 bits per heavy atom. The monoisotopic (exact) mass is 560 g/mol. The number of aliphatic hydroxyl groups is 5. The summed E-state index contributed by atoms with van der Waals surface area (Å²) in [6.07, 6.45) is -7.89. The van der Waals surface area contributed by atoms with Gasteiger partial charge in [-0.2, -0.15) is 0 Å². The molecule has 0 aromatic heterocycles. The van der Waals surface area contributed by atoms with Gasteiger partial charge in [0.25, 0.3) is 0 Å². The third kappa shape index (κ3) is 9.54. The summed E-state index contributed by atoms with van der Waals surface area (Å²) < 4.78 is 22.1. The fourth-order valence-corrected chi connectivity index (χ4v) is 4.00. The van der Waals surface area contributed by atoms with E-state index in [4.69, 9.17) is 18.9 Å². The molecule has 12 nitrogen and oxygen atoms in total. The van der Waals surface area contributed by atoms with Crippen LogP contribution >= 0.6 is 0 Å². The molecule has 2 aromatic carbocycles. The van der Waals surface area contributed by atoms with Gasteiger partial charge in [0.15, 0.2) is 18.7 Å². The molecule has 0 spiro atoms. The van der Waals surface area contributed by atoms with Crippen LogP contribution in [0.25, 0.3) is 0 Å². The van der Waals surface area contributed by atoms with Crippen LogP contribution in [0.2, 0.25) is 0 Å². The molecule has 5 N–H and O–H groups in total. The van der Waals surface area contributed by atoms with E-state index >= 15 is 0 Å². The standard InChI is InChI=1S/C28H36N2O10/c1-18(33)37-27-25(35)23(17-32)40-28(26(27)36)39-21(14-29-12-19-8-4-2-5-9-19)22(16-31)38-24(34)15-30-13-20-10-6-3-7-11-20/h2-13,21-28,31-32,34-36H,14-17H2,1H3/t21-,22+,23+,24-,25-,26+,27-,28+/m0/s1. The van der Waals surface area contributed by atoms with Gasteiger partial charge in [-0.1, -0.05) is 60.7 Å². The lowest BCUT2D eigenvalue weighted by atomic mass is 9.99. The van der Waals surface area contributed by atoms with Gasteiger partial charge >= 0.3 is 5.97 Å². The summed E-state index contributed by atoms with van der Waals surface area (Å²) in [5, 5.41) is 51.4. The van der Waals surface area contributed by atoms with E-state index in [1.807, 2.05) is 60.7 Å². The Labute approximate surface area is 232 Å². The Morgan fingerprint density at radius 1 is 0.925 bits per heavy atom. The van der Waals surface area contributed by atoms with Crippen LogP contribution in [-0.4, -0.2) is 119 Å². The number of esters is 1. The predicted octanol–water partition coefficient (Wildman–Crippen LogP) is -0.324. The number of carbonyl (C=O) groups is 1. The van der Waals surface area contributed by atoms with E-state index in [9.17, 15) is 30.3 Å². The summed E-state index contributed by atoms with van der Waals surface area (Å²) >= 11 is 0. The van der Waals surface area contributed by atoms with E-state index in [-0.39, 0.29) is 13.1 Å². The molecule has 3 rings (SSSR count). The summed E-state index contributed by atoms with van der Waals surface area (Å²) in [7, 11) is 0. The molecule has 1 aliphatic rings. The van der Waals surface area contributed by atoms with Crippen LogP contribution in [0.15, 0.2) is 70.6 Å². The highest BCUT2D eigenvalue weighted by molar-refractivity contribution is 5.79. The average Bonchev–Trinajstić information content (AvgIpc) is 2.95. The van der Waals surface area contributed by atoms with Crippen LogP contribution in [0.4, 0.5) is 0 Å². The van der Waals surface area contributed by atoms with Crippen LogP contribution in [0.5, 0.6) is 0 Å². The molecule has 0 amide bonds. The number of rotatable bonds is 14. The van der Waals surface area contributed by atoms with Crippen LogP contribution in [0, 0.1) is 0 Å². The number of hydrogen-bond acceptors (Lipinski definition) is 12. The minimum Gasteiger partial charge on any atom is -0.457 e. The lowest BCUT2D eigenvalue weighted by molar-refractivity contribution is -0.322. The van der Waals surface area contributed by atoms with E-state index in [0.29, 0.717) is 0 Å².